The SMILES string of the molecule is CC1=CC(c2ccccc2)(c2ccc(S(=O)(=O)[O-])cc2)NO1.[Na+]. The minimum Gasteiger partial charge on any atom is -0.744 e. The molecule has 114 valence electrons. The fraction of sp³-hybridized carbons (Fsp3) is 0.125. The maximum Gasteiger partial charge on any atom is 1.00 e. The fourth-order valence-electron chi connectivity index (χ4n) is 2.56. The topological polar surface area (TPSA) is 78.5 Å². The monoisotopic (exact) mass is 339 g/mol. The molecular weight excluding hydrogens is 325 g/mol. The van der Waals surface area contributed by atoms with Crippen molar-refractivity contribution >= 4 is 10.1 Å². The minimum atomic E-state index is -4.46. The van der Waals surface area contributed by atoms with Crippen LogP contribution < -0.4 is 35.0 Å². The summed E-state index contributed by atoms with van der Waals surface area (Å²) in [6, 6.07) is 15.5. The Hall–Kier alpha value is -1.15. The molecule has 0 spiro atoms. The van der Waals surface area contributed by atoms with Crippen molar-refractivity contribution in [3.63, 3.8) is 0 Å². The molecular formula is C16H14NNaO4S. The van der Waals surface area contributed by atoms with E-state index in [1.807, 2.05) is 43.3 Å². The van der Waals surface area contributed by atoms with Gasteiger partial charge in [0.2, 0.25) is 0 Å². The van der Waals surface area contributed by atoms with E-state index in [9.17, 15) is 13.0 Å². The van der Waals surface area contributed by atoms with Crippen molar-refractivity contribution in [1.29, 1.82) is 0 Å². The molecule has 0 saturated heterocycles. The largest absolute Gasteiger partial charge is 1.00 e. The number of hydrogen-bond donors (Lipinski definition) is 1. The average molecular weight is 339 g/mol. The van der Waals surface area contributed by atoms with Gasteiger partial charge in [-0.3, -0.25) is 0 Å². The first-order valence-electron chi connectivity index (χ1n) is 6.67. The van der Waals surface area contributed by atoms with Crippen molar-refractivity contribution in [3.05, 3.63) is 77.6 Å². The number of rotatable bonds is 3. The van der Waals surface area contributed by atoms with Gasteiger partial charge >= 0.3 is 29.6 Å². The summed E-state index contributed by atoms with van der Waals surface area (Å²) in [5, 5.41) is 0. The van der Waals surface area contributed by atoms with Crippen LogP contribution in [0.4, 0.5) is 0 Å². The van der Waals surface area contributed by atoms with E-state index in [1.165, 1.54) is 12.1 Å². The van der Waals surface area contributed by atoms with E-state index in [-0.39, 0.29) is 34.5 Å². The van der Waals surface area contributed by atoms with Crippen molar-refractivity contribution < 1.29 is 47.4 Å². The number of nitrogens with one attached hydrogen (secondary N) is 1. The third-order valence-electron chi connectivity index (χ3n) is 3.62. The summed E-state index contributed by atoms with van der Waals surface area (Å²) in [7, 11) is -4.46. The first-order chi connectivity index (χ1) is 10.4. The van der Waals surface area contributed by atoms with Crippen LogP contribution >= 0.6 is 0 Å². The summed E-state index contributed by atoms with van der Waals surface area (Å²) >= 11 is 0. The Morgan fingerprint density at radius 3 is 2.04 bits per heavy atom. The summed E-state index contributed by atoms with van der Waals surface area (Å²) < 4.78 is 33.2. The molecule has 23 heavy (non-hydrogen) atoms. The van der Waals surface area contributed by atoms with Crippen LogP contribution in [0.1, 0.15) is 18.1 Å². The van der Waals surface area contributed by atoms with Gasteiger partial charge in [-0.1, -0.05) is 42.5 Å². The molecule has 7 heteroatoms. The second-order valence-corrected chi connectivity index (χ2v) is 6.49. The van der Waals surface area contributed by atoms with Crippen LogP contribution in [0.15, 0.2) is 71.3 Å². The maximum absolute atomic E-state index is 11.1. The Kier molecular flexibility index (Phi) is 5.35. The molecule has 3 rings (SSSR count). The zero-order valence-corrected chi connectivity index (χ0v) is 15.6. The van der Waals surface area contributed by atoms with E-state index >= 15 is 0 Å². The number of allylic oxidation sites excluding steroid dienone is 1. The van der Waals surface area contributed by atoms with Crippen LogP contribution in [-0.4, -0.2) is 13.0 Å². The molecule has 1 atom stereocenters. The normalized spacial score (nSPS) is 20.3. The van der Waals surface area contributed by atoms with Gasteiger partial charge in [0.25, 0.3) is 0 Å². The Labute approximate surface area is 157 Å². The predicted octanol–water partition coefficient (Wildman–Crippen LogP) is -0.723. The van der Waals surface area contributed by atoms with Crippen molar-refractivity contribution in [1.82, 2.24) is 5.48 Å². The molecule has 1 heterocycles. The molecule has 5 nitrogen and oxygen atoms in total. The van der Waals surface area contributed by atoms with Gasteiger partial charge in [-0.25, -0.2) is 8.42 Å². The van der Waals surface area contributed by atoms with Crippen LogP contribution in [0.5, 0.6) is 0 Å². The molecule has 2 aromatic rings. The van der Waals surface area contributed by atoms with Crippen molar-refractivity contribution in [3.8, 4) is 0 Å². The molecule has 1 aliphatic rings. The smallest absolute Gasteiger partial charge is 0.744 e. The van der Waals surface area contributed by atoms with E-state index in [4.69, 9.17) is 4.84 Å². The summed E-state index contributed by atoms with van der Waals surface area (Å²) in [6.45, 7) is 1.83. The van der Waals surface area contributed by atoms with E-state index in [1.54, 1.807) is 12.1 Å². The molecule has 1 unspecified atom stereocenters. The van der Waals surface area contributed by atoms with Gasteiger partial charge < -0.3 is 9.39 Å². The molecule has 1 N–H and O–H groups in total. The Morgan fingerprint density at radius 2 is 1.57 bits per heavy atom. The molecule has 2 aromatic carbocycles. The zero-order valence-electron chi connectivity index (χ0n) is 12.8. The standard InChI is InChI=1S/C16H15NO4S.Na/c1-12-11-16(17-21-12,13-5-3-2-4-6-13)14-7-9-15(10-8-14)22(18,19)20;/h2-11,17H,1H3,(H,18,19,20);/q;+1/p-1. The number of hydrogen-bond acceptors (Lipinski definition) is 5. The molecule has 1 aliphatic heterocycles. The third kappa shape index (κ3) is 3.52. The molecule has 0 amide bonds. The van der Waals surface area contributed by atoms with Crippen molar-refractivity contribution in [2.45, 2.75) is 17.4 Å². The zero-order chi connectivity index (χ0) is 15.8. The predicted molar refractivity (Wildman–Crippen MR) is 79.6 cm³/mol. The van der Waals surface area contributed by atoms with E-state index < -0.39 is 15.7 Å². The second kappa shape index (κ2) is 6.76. The van der Waals surface area contributed by atoms with Gasteiger partial charge in [-0.05, 0) is 36.3 Å². The van der Waals surface area contributed by atoms with Gasteiger partial charge in [0, 0.05) is 0 Å². The summed E-state index contributed by atoms with van der Waals surface area (Å²) in [6.07, 6.45) is 1.92. The Bertz CT molecular complexity index is 819. The van der Waals surface area contributed by atoms with E-state index in [2.05, 4.69) is 5.48 Å². The van der Waals surface area contributed by atoms with E-state index in [0.29, 0.717) is 5.76 Å². The molecule has 0 aromatic heterocycles. The molecule has 0 radical (unpaired) electrons. The summed E-state index contributed by atoms with van der Waals surface area (Å²) in [5.41, 5.74) is 4.01. The molecule has 0 aliphatic carbocycles. The fourth-order valence-corrected chi connectivity index (χ4v) is 3.03. The second-order valence-electron chi connectivity index (χ2n) is 5.11. The maximum atomic E-state index is 11.1. The van der Waals surface area contributed by atoms with Crippen molar-refractivity contribution in [2.24, 2.45) is 0 Å². The Morgan fingerprint density at radius 1 is 1.00 bits per heavy atom. The van der Waals surface area contributed by atoms with Crippen LogP contribution in [0.25, 0.3) is 0 Å². The van der Waals surface area contributed by atoms with Crippen LogP contribution in [0.3, 0.4) is 0 Å². The quantitative estimate of drug-likeness (QED) is 0.590. The van der Waals surface area contributed by atoms with Gasteiger partial charge in [-0.15, -0.1) is 5.48 Å². The molecule has 0 bridgehead atoms. The Balaban J connectivity index is 0.00000192. The number of benzene rings is 2. The molecule has 0 fully saturated rings. The average Bonchev–Trinajstić information content (AvgIpc) is 2.91. The minimum absolute atomic E-state index is 0. The molecule has 0 saturated carbocycles. The third-order valence-corrected chi connectivity index (χ3v) is 4.47. The van der Waals surface area contributed by atoms with Crippen LogP contribution in [0, 0.1) is 0 Å². The van der Waals surface area contributed by atoms with E-state index in [0.717, 1.165) is 11.1 Å². The van der Waals surface area contributed by atoms with Crippen molar-refractivity contribution in [2.75, 3.05) is 0 Å². The number of hydroxylamine groups is 1. The van der Waals surface area contributed by atoms with Gasteiger partial charge in [0.15, 0.2) is 0 Å². The van der Waals surface area contributed by atoms with Crippen LogP contribution in [0.2, 0.25) is 0 Å². The summed E-state index contributed by atoms with van der Waals surface area (Å²) in [4.78, 5) is 5.16. The summed E-state index contributed by atoms with van der Waals surface area (Å²) in [5.74, 6) is 0.712. The van der Waals surface area contributed by atoms with Gasteiger partial charge in [0.05, 0.1) is 4.90 Å². The van der Waals surface area contributed by atoms with Crippen LogP contribution in [-0.2, 0) is 20.5 Å². The van der Waals surface area contributed by atoms with Gasteiger partial charge in [-0.2, -0.15) is 0 Å². The van der Waals surface area contributed by atoms with Gasteiger partial charge in [0.1, 0.15) is 21.4 Å². The first-order valence-corrected chi connectivity index (χ1v) is 8.08. The first kappa shape index (κ1) is 18.2.